The SMILES string of the molecule is NCCCCN(Cc1nc2ccccc2[nH]1)Cc1ncccc1C(F)(F)F. The molecule has 0 radical (unpaired) electrons. The summed E-state index contributed by atoms with van der Waals surface area (Å²) in [4.78, 5) is 13.7. The normalized spacial score (nSPS) is 12.2. The van der Waals surface area contributed by atoms with Crippen LogP contribution in [0.3, 0.4) is 0 Å². The fraction of sp³-hybridized carbons (Fsp3) is 0.368. The number of rotatable bonds is 8. The second-order valence-electron chi connectivity index (χ2n) is 6.40. The van der Waals surface area contributed by atoms with Crippen LogP contribution < -0.4 is 5.73 Å². The lowest BCUT2D eigenvalue weighted by atomic mass is 10.1. The number of halogens is 3. The molecule has 3 rings (SSSR count). The standard InChI is InChI=1S/C19H22F3N5/c20-19(21,22)14-6-5-10-24-17(14)12-27(11-4-3-9-23)13-18-25-15-7-1-2-8-16(15)26-18/h1-2,5-8,10H,3-4,9,11-13,23H2,(H,25,26). The van der Waals surface area contributed by atoms with E-state index < -0.39 is 11.7 Å². The molecule has 27 heavy (non-hydrogen) atoms. The van der Waals surface area contributed by atoms with E-state index in [9.17, 15) is 13.2 Å². The van der Waals surface area contributed by atoms with Gasteiger partial charge in [-0.25, -0.2) is 4.98 Å². The monoisotopic (exact) mass is 377 g/mol. The van der Waals surface area contributed by atoms with Crippen molar-refractivity contribution in [1.82, 2.24) is 19.9 Å². The van der Waals surface area contributed by atoms with Gasteiger partial charge >= 0.3 is 6.18 Å². The number of unbranched alkanes of at least 4 members (excludes halogenated alkanes) is 1. The van der Waals surface area contributed by atoms with Gasteiger partial charge in [0.05, 0.1) is 28.8 Å². The van der Waals surface area contributed by atoms with Crippen molar-refractivity contribution < 1.29 is 13.2 Å². The third-order valence-corrected chi connectivity index (χ3v) is 4.31. The Morgan fingerprint density at radius 2 is 1.85 bits per heavy atom. The van der Waals surface area contributed by atoms with Crippen LogP contribution in [-0.2, 0) is 19.3 Å². The third kappa shape index (κ3) is 5.05. The number of para-hydroxylation sites is 2. The highest BCUT2D eigenvalue weighted by Crippen LogP contribution is 2.31. The zero-order valence-corrected chi connectivity index (χ0v) is 14.8. The minimum atomic E-state index is -4.42. The Balaban J connectivity index is 1.81. The Morgan fingerprint density at radius 1 is 1.04 bits per heavy atom. The quantitative estimate of drug-likeness (QED) is 0.587. The van der Waals surface area contributed by atoms with E-state index in [1.165, 1.54) is 12.3 Å². The summed E-state index contributed by atoms with van der Waals surface area (Å²) >= 11 is 0. The van der Waals surface area contributed by atoms with Gasteiger partial charge in [0.15, 0.2) is 0 Å². The van der Waals surface area contributed by atoms with Crippen LogP contribution in [0.5, 0.6) is 0 Å². The number of aromatic nitrogens is 3. The van der Waals surface area contributed by atoms with Crippen LogP contribution in [0, 0.1) is 0 Å². The highest BCUT2D eigenvalue weighted by molar-refractivity contribution is 5.74. The predicted octanol–water partition coefficient (Wildman–Crippen LogP) is 3.72. The number of imidazole rings is 1. The summed E-state index contributed by atoms with van der Waals surface area (Å²) in [6, 6.07) is 10.0. The summed E-state index contributed by atoms with van der Waals surface area (Å²) in [6.45, 7) is 1.67. The van der Waals surface area contributed by atoms with Crippen molar-refractivity contribution in [2.75, 3.05) is 13.1 Å². The molecular formula is C19H22F3N5. The number of aromatic amines is 1. The van der Waals surface area contributed by atoms with Crippen LogP contribution in [0.15, 0.2) is 42.6 Å². The molecule has 2 aromatic heterocycles. The molecule has 0 spiro atoms. The maximum Gasteiger partial charge on any atom is 0.418 e. The van der Waals surface area contributed by atoms with Crippen molar-refractivity contribution in [3.8, 4) is 0 Å². The van der Waals surface area contributed by atoms with Crippen LogP contribution in [0.2, 0.25) is 0 Å². The first kappa shape index (κ1) is 19.3. The van der Waals surface area contributed by atoms with Crippen molar-refractivity contribution in [2.24, 2.45) is 5.73 Å². The van der Waals surface area contributed by atoms with Crippen LogP contribution in [0.1, 0.15) is 29.9 Å². The highest BCUT2D eigenvalue weighted by Gasteiger charge is 2.34. The number of nitrogens with two attached hydrogens (primary N) is 1. The molecule has 144 valence electrons. The first-order valence-electron chi connectivity index (χ1n) is 8.84. The van der Waals surface area contributed by atoms with E-state index in [-0.39, 0.29) is 12.2 Å². The second-order valence-corrected chi connectivity index (χ2v) is 6.40. The summed E-state index contributed by atoms with van der Waals surface area (Å²) in [7, 11) is 0. The number of benzene rings is 1. The molecule has 5 nitrogen and oxygen atoms in total. The number of hydrogen-bond donors (Lipinski definition) is 2. The van der Waals surface area contributed by atoms with Gasteiger partial charge in [-0.15, -0.1) is 0 Å². The van der Waals surface area contributed by atoms with Gasteiger partial charge in [-0.3, -0.25) is 9.88 Å². The zero-order valence-electron chi connectivity index (χ0n) is 14.8. The Morgan fingerprint density at radius 3 is 2.59 bits per heavy atom. The molecule has 8 heteroatoms. The highest BCUT2D eigenvalue weighted by atomic mass is 19.4. The molecule has 2 heterocycles. The van der Waals surface area contributed by atoms with Gasteiger partial charge in [0.1, 0.15) is 5.82 Å². The van der Waals surface area contributed by atoms with E-state index >= 15 is 0 Å². The Labute approximate surface area is 155 Å². The first-order valence-corrected chi connectivity index (χ1v) is 8.84. The van der Waals surface area contributed by atoms with Gasteiger partial charge in [-0.05, 0) is 50.2 Å². The van der Waals surface area contributed by atoms with Crippen LogP contribution in [0.25, 0.3) is 11.0 Å². The number of pyridine rings is 1. The van der Waals surface area contributed by atoms with Gasteiger partial charge in [-0.1, -0.05) is 12.1 Å². The van der Waals surface area contributed by atoms with E-state index in [0.29, 0.717) is 25.5 Å². The van der Waals surface area contributed by atoms with Gasteiger partial charge in [0.2, 0.25) is 0 Å². The smallest absolute Gasteiger partial charge is 0.341 e. The number of H-pyrrole nitrogens is 1. The van der Waals surface area contributed by atoms with E-state index in [1.807, 2.05) is 29.2 Å². The van der Waals surface area contributed by atoms with Gasteiger partial charge in [-0.2, -0.15) is 13.2 Å². The number of fused-ring (bicyclic) bond motifs is 1. The van der Waals surface area contributed by atoms with Crippen molar-refractivity contribution in [3.05, 3.63) is 59.7 Å². The molecule has 0 saturated carbocycles. The van der Waals surface area contributed by atoms with Crippen LogP contribution >= 0.6 is 0 Å². The topological polar surface area (TPSA) is 70.8 Å². The minimum absolute atomic E-state index is 0.0221. The maximum absolute atomic E-state index is 13.3. The fourth-order valence-electron chi connectivity index (χ4n) is 3.02. The molecule has 0 amide bonds. The van der Waals surface area contributed by atoms with E-state index in [1.54, 1.807) is 0 Å². The molecule has 0 unspecified atom stereocenters. The summed E-state index contributed by atoms with van der Waals surface area (Å²) in [6.07, 6.45) is -1.43. The minimum Gasteiger partial charge on any atom is -0.341 e. The van der Waals surface area contributed by atoms with Crippen molar-refractivity contribution in [3.63, 3.8) is 0 Å². The molecule has 0 fully saturated rings. The molecule has 0 bridgehead atoms. The number of hydrogen-bond acceptors (Lipinski definition) is 4. The summed E-state index contributed by atoms with van der Waals surface area (Å²) in [5.74, 6) is 0.716. The lowest BCUT2D eigenvalue weighted by Gasteiger charge is -2.22. The predicted molar refractivity (Wildman–Crippen MR) is 97.7 cm³/mol. The zero-order chi connectivity index (χ0) is 19.3. The summed E-state index contributed by atoms with van der Waals surface area (Å²) in [5.41, 5.74) is 6.62. The molecule has 0 atom stereocenters. The average Bonchev–Trinajstić information content (AvgIpc) is 3.03. The number of nitrogens with zero attached hydrogens (tertiary/aromatic N) is 3. The van der Waals surface area contributed by atoms with Gasteiger partial charge < -0.3 is 10.7 Å². The van der Waals surface area contributed by atoms with Crippen molar-refractivity contribution >= 4 is 11.0 Å². The molecule has 0 aliphatic heterocycles. The van der Waals surface area contributed by atoms with Crippen molar-refractivity contribution in [1.29, 1.82) is 0 Å². The van der Waals surface area contributed by atoms with E-state index in [4.69, 9.17) is 5.73 Å². The Hall–Kier alpha value is -2.45. The third-order valence-electron chi connectivity index (χ3n) is 4.31. The van der Waals surface area contributed by atoms with Crippen molar-refractivity contribution in [2.45, 2.75) is 32.1 Å². The average molecular weight is 377 g/mol. The van der Waals surface area contributed by atoms with E-state index in [0.717, 1.165) is 29.9 Å². The molecule has 1 aromatic carbocycles. The summed E-state index contributed by atoms with van der Waals surface area (Å²) < 4.78 is 39.8. The molecule has 0 saturated heterocycles. The van der Waals surface area contributed by atoms with Crippen LogP contribution in [-0.4, -0.2) is 32.9 Å². The number of nitrogens with one attached hydrogen (secondary N) is 1. The lowest BCUT2D eigenvalue weighted by molar-refractivity contribution is -0.138. The largest absolute Gasteiger partial charge is 0.418 e. The van der Waals surface area contributed by atoms with E-state index in [2.05, 4.69) is 15.0 Å². The molecule has 3 N–H and O–H groups in total. The van der Waals surface area contributed by atoms with Crippen LogP contribution in [0.4, 0.5) is 13.2 Å². The maximum atomic E-state index is 13.3. The summed E-state index contributed by atoms with van der Waals surface area (Å²) in [5, 5.41) is 0. The molecule has 0 aliphatic rings. The lowest BCUT2D eigenvalue weighted by Crippen LogP contribution is -2.27. The Kier molecular flexibility index (Phi) is 6.08. The number of alkyl halides is 3. The first-order chi connectivity index (χ1) is 13.0. The molecule has 0 aliphatic carbocycles. The molecule has 3 aromatic rings. The van der Waals surface area contributed by atoms with Gasteiger partial charge in [0.25, 0.3) is 0 Å². The molecular weight excluding hydrogens is 355 g/mol. The van der Waals surface area contributed by atoms with Gasteiger partial charge in [0, 0.05) is 12.7 Å². The second kappa shape index (κ2) is 8.49. The fourth-order valence-corrected chi connectivity index (χ4v) is 3.02. The Bertz CT molecular complexity index is 842.